The molecule has 0 bridgehead atoms. The molecule has 0 spiro atoms. The van der Waals surface area contributed by atoms with Gasteiger partial charge >= 0.3 is 5.69 Å². The maximum atomic E-state index is 10.6. The highest BCUT2D eigenvalue weighted by atomic mass is 35.5. The van der Waals surface area contributed by atoms with Crippen LogP contribution in [0, 0.1) is 10.1 Å². The highest BCUT2D eigenvalue weighted by molar-refractivity contribution is 6.32. The zero-order valence-electron chi connectivity index (χ0n) is 9.06. The molecule has 0 unspecified atom stereocenters. The van der Waals surface area contributed by atoms with Gasteiger partial charge in [-0.25, -0.2) is 0 Å². The fraction of sp³-hybridized carbons (Fsp3) is 0.333. The highest BCUT2D eigenvalue weighted by Gasteiger charge is 2.18. The van der Waals surface area contributed by atoms with Crippen LogP contribution in [0.4, 0.5) is 5.69 Å². The molecule has 1 N–H and O–H groups in total. The van der Waals surface area contributed by atoms with Gasteiger partial charge in [0, 0.05) is 13.2 Å². The smallest absolute Gasteiger partial charge is 0.314 e. The standard InChI is InChI=1S/C8H8ClNO4.CH4O/c1-13-7-4-6(10(11)12)8(14-2)3-5(7)9;1-2/h3-4H,1-2H3;2H,1H3. The summed E-state index contributed by atoms with van der Waals surface area (Å²) in [6.45, 7) is 0. The summed E-state index contributed by atoms with van der Waals surface area (Å²) in [6.07, 6.45) is 0. The molecule has 0 saturated carbocycles. The average Bonchev–Trinajstić information content (AvgIpc) is 2.30. The van der Waals surface area contributed by atoms with Gasteiger partial charge in [-0.15, -0.1) is 0 Å². The van der Waals surface area contributed by atoms with E-state index in [0.717, 1.165) is 7.11 Å². The number of ether oxygens (including phenoxy) is 2. The first-order valence-corrected chi connectivity index (χ1v) is 4.48. The van der Waals surface area contributed by atoms with Gasteiger partial charge in [-0.3, -0.25) is 10.1 Å². The molecule has 0 fully saturated rings. The summed E-state index contributed by atoms with van der Waals surface area (Å²) >= 11 is 5.76. The van der Waals surface area contributed by atoms with Gasteiger partial charge in [0.2, 0.25) is 0 Å². The van der Waals surface area contributed by atoms with Crippen molar-refractivity contribution in [3.8, 4) is 11.5 Å². The van der Waals surface area contributed by atoms with Crippen LogP contribution in [0.15, 0.2) is 12.1 Å². The quantitative estimate of drug-likeness (QED) is 0.653. The first-order valence-electron chi connectivity index (χ1n) is 4.10. The minimum Gasteiger partial charge on any atom is -0.495 e. The molecule has 0 atom stereocenters. The molecule has 0 radical (unpaired) electrons. The van der Waals surface area contributed by atoms with Crippen LogP contribution in [0.3, 0.4) is 0 Å². The van der Waals surface area contributed by atoms with E-state index in [-0.39, 0.29) is 22.2 Å². The monoisotopic (exact) mass is 249 g/mol. The number of nitro groups is 1. The van der Waals surface area contributed by atoms with Crippen molar-refractivity contribution in [3.63, 3.8) is 0 Å². The van der Waals surface area contributed by atoms with Gasteiger partial charge in [-0.1, -0.05) is 11.6 Å². The second kappa shape index (κ2) is 6.86. The Bertz CT molecular complexity index is 369. The van der Waals surface area contributed by atoms with Crippen molar-refractivity contribution in [2.45, 2.75) is 0 Å². The summed E-state index contributed by atoms with van der Waals surface area (Å²) in [5.74, 6) is 0.361. The number of halogens is 1. The van der Waals surface area contributed by atoms with E-state index in [1.165, 1.54) is 26.4 Å². The van der Waals surface area contributed by atoms with Crippen LogP contribution in [0.1, 0.15) is 0 Å². The van der Waals surface area contributed by atoms with Gasteiger partial charge < -0.3 is 14.6 Å². The van der Waals surface area contributed by atoms with Crippen molar-refractivity contribution in [1.29, 1.82) is 0 Å². The predicted molar refractivity (Wildman–Crippen MR) is 59.4 cm³/mol. The minimum atomic E-state index is -0.558. The van der Waals surface area contributed by atoms with Crippen molar-refractivity contribution in [1.82, 2.24) is 0 Å². The lowest BCUT2D eigenvalue weighted by Gasteiger charge is -2.05. The molecule has 7 heteroatoms. The lowest BCUT2D eigenvalue weighted by molar-refractivity contribution is -0.385. The van der Waals surface area contributed by atoms with Crippen molar-refractivity contribution in [2.75, 3.05) is 21.3 Å². The van der Waals surface area contributed by atoms with E-state index < -0.39 is 4.92 Å². The van der Waals surface area contributed by atoms with Crippen LogP contribution in [0.25, 0.3) is 0 Å². The van der Waals surface area contributed by atoms with Crippen LogP contribution in [-0.4, -0.2) is 31.4 Å². The number of hydrogen-bond acceptors (Lipinski definition) is 5. The fourth-order valence-electron chi connectivity index (χ4n) is 0.987. The second-order valence-corrected chi connectivity index (χ2v) is 2.82. The Morgan fingerprint density at radius 3 is 2.12 bits per heavy atom. The highest BCUT2D eigenvalue weighted by Crippen LogP contribution is 2.36. The summed E-state index contributed by atoms with van der Waals surface area (Å²) in [7, 11) is 3.72. The van der Waals surface area contributed by atoms with Gasteiger partial charge in [-0.05, 0) is 0 Å². The molecule has 1 aromatic rings. The Morgan fingerprint density at radius 2 is 1.75 bits per heavy atom. The van der Waals surface area contributed by atoms with Crippen molar-refractivity contribution >= 4 is 17.3 Å². The van der Waals surface area contributed by atoms with E-state index in [9.17, 15) is 10.1 Å². The van der Waals surface area contributed by atoms with Gasteiger partial charge in [0.15, 0.2) is 5.75 Å². The summed E-state index contributed by atoms with van der Waals surface area (Å²) in [5, 5.41) is 17.9. The lowest BCUT2D eigenvalue weighted by atomic mass is 10.3. The Kier molecular flexibility index (Phi) is 6.21. The Hall–Kier alpha value is -1.53. The topological polar surface area (TPSA) is 81.8 Å². The van der Waals surface area contributed by atoms with E-state index in [4.69, 9.17) is 26.2 Å². The molecule has 1 rings (SSSR count). The molecule has 0 aliphatic rings. The van der Waals surface area contributed by atoms with Crippen LogP contribution in [-0.2, 0) is 0 Å². The lowest BCUT2D eigenvalue weighted by Crippen LogP contribution is -1.95. The summed E-state index contributed by atoms with van der Waals surface area (Å²) < 4.78 is 9.65. The van der Waals surface area contributed by atoms with Gasteiger partial charge in [0.05, 0.1) is 30.2 Å². The number of aliphatic hydroxyl groups excluding tert-OH is 1. The Balaban J connectivity index is 0.00000106. The first kappa shape index (κ1) is 14.5. The second-order valence-electron chi connectivity index (χ2n) is 2.42. The molecule has 0 aliphatic heterocycles. The molecule has 0 saturated heterocycles. The Morgan fingerprint density at radius 1 is 1.25 bits per heavy atom. The number of hydrogen-bond donors (Lipinski definition) is 1. The molecule has 0 amide bonds. The van der Waals surface area contributed by atoms with Crippen LogP contribution < -0.4 is 9.47 Å². The van der Waals surface area contributed by atoms with E-state index in [1.54, 1.807) is 0 Å². The summed E-state index contributed by atoms with van der Waals surface area (Å²) in [4.78, 5) is 10.0. The third-order valence-electron chi connectivity index (χ3n) is 1.65. The van der Waals surface area contributed by atoms with Crippen molar-refractivity contribution < 1.29 is 19.5 Å². The molecule has 6 nitrogen and oxygen atoms in total. The maximum absolute atomic E-state index is 10.6. The van der Waals surface area contributed by atoms with Crippen LogP contribution >= 0.6 is 11.6 Å². The number of nitrogens with zero attached hydrogens (tertiary/aromatic N) is 1. The van der Waals surface area contributed by atoms with Gasteiger partial charge in [0.25, 0.3) is 0 Å². The Labute approximate surface area is 97.5 Å². The fourth-order valence-corrected chi connectivity index (χ4v) is 1.22. The molecule has 0 heterocycles. The zero-order chi connectivity index (χ0) is 12.7. The van der Waals surface area contributed by atoms with Crippen LogP contribution in [0.2, 0.25) is 5.02 Å². The third-order valence-corrected chi connectivity index (χ3v) is 1.95. The molecule has 90 valence electrons. The maximum Gasteiger partial charge on any atom is 0.314 e. The molecule has 0 aliphatic carbocycles. The van der Waals surface area contributed by atoms with Crippen LogP contribution in [0.5, 0.6) is 11.5 Å². The van der Waals surface area contributed by atoms with E-state index in [1.807, 2.05) is 0 Å². The summed E-state index contributed by atoms with van der Waals surface area (Å²) in [6, 6.07) is 2.57. The average molecular weight is 250 g/mol. The zero-order valence-corrected chi connectivity index (χ0v) is 9.82. The van der Waals surface area contributed by atoms with E-state index in [0.29, 0.717) is 0 Å². The number of methoxy groups -OCH3 is 2. The summed E-state index contributed by atoms with van der Waals surface area (Å²) in [5.41, 5.74) is -0.172. The SMILES string of the molecule is CO.COc1cc([N+](=O)[O-])c(OC)cc1Cl. The number of benzene rings is 1. The predicted octanol–water partition coefficient (Wildman–Crippen LogP) is 1.87. The normalized spacial score (nSPS) is 8.81. The number of rotatable bonds is 3. The number of aliphatic hydroxyl groups is 1. The molecular weight excluding hydrogens is 238 g/mol. The number of nitro benzene ring substituents is 1. The van der Waals surface area contributed by atoms with Crippen molar-refractivity contribution in [2.24, 2.45) is 0 Å². The molecule has 1 aromatic carbocycles. The van der Waals surface area contributed by atoms with Crippen molar-refractivity contribution in [3.05, 3.63) is 27.3 Å². The molecule has 0 aromatic heterocycles. The third kappa shape index (κ3) is 3.25. The van der Waals surface area contributed by atoms with Gasteiger partial charge in [0.1, 0.15) is 5.75 Å². The van der Waals surface area contributed by atoms with Gasteiger partial charge in [-0.2, -0.15) is 0 Å². The van der Waals surface area contributed by atoms with E-state index in [2.05, 4.69) is 0 Å². The molecule has 16 heavy (non-hydrogen) atoms. The largest absolute Gasteiger partial charge is 0.495 e. The first-order chi connectivity index (χ1) is 7.60. The minimum absolute atomic E-state index is 0.112. The van der Waals surface area contributed by atoms with E-state index >= 15 is 0 Å². The molecular formula is C9H12ClNO5.